The second kappa shape index (κ2) is 23.3. The summed E-state index contributed by atoms with van der Waals surface area (Å²) in [6.45, 7) is 13.2. The molecule has 2 aliphatic heterocycles. The van der Waals surface area contributed by atoms with Crippen molar-refractivity contribution in [1.82, 2.24) is 0 Å². The van der Waals surface area contributed by atoms with Crippen molar-refractivity contribution in [3.8, 4) is 17.2 Å². The largest absolute Gasteiger partial charge is 0.493 e. The molecule has 6 rings (SSSR count). The van der Waals surface area contributed by atoms with Gasteiger partial charge in [-0.2, -0.15) is 0 Å². The molecule has 1 aromatic heterocycles. The summed E-state index contributed by atoms with van der Waals surface area (Å²) in [7, 11) is 0. The van der Waals surface area contributed by atoms with Crippen LogP contribution >= 0.6 is 0 Å². The molecule has 202 valence electrons. The third-order valence-electron chi connectivity index (χ3n) is 4.24. The van der Waals surface area contributed by atoms with Gasteiger partial charge in [-0.1, -0.05) is 112 Å². The monoisotopic (exact) mass is 498 g/mol. The minimum Gasteiger partial charge on any atom is -0.493 e. The molecule has 0 aliphatic carbocycles. The quantitative estimate of drug-likeness (QED) is 0.242. The first-order chi connectivity index (χ1) is 16.4. The Morgan fingerprint density at radius 2 is 1.03 bits per heavy atom. The molecule has 0 N–H and O–H groups in total. The molecule has 0 bridgehead atoms. The van der Waals surface area contributed by atoms with Crippen molar-refractivity contribution in [2.75, 3.05) is 13.4 Å². The van der Waals surface area contributed by atoms with E-state index in [0.29, 0.717) is 6.79 Å². The first kappa shape index (κ1) is 37.2. The summed E-state index contributed by atoms with van der Waals surface area (Å²) in [5.41, 5.74) is 2.30. The van der Waals surface area contributed by atoms with Gasteiger partial charge >= 0.3 is 0 Å². The van der Waals surface area contributed by atoms with Gasteiger partial charge in [0.15, 0.2) is 11.5 Å². The summed E-state index contributed by atoms with van der Waals surface area (Å²) in [6, 6.07) is 25.7. The van der Waals surface area contributed by atoms with E-state index in [0.717, 1.165) is 41.2 Å². The second-order valence-electron chi connectivity index (χ2n) is 6.02. The molecule has 4 nitrogen and oxygen atoms in total. The first-order valence-corrected chi connectivity index (χ1v) is 11.9. The SMILES string of the molecule is C.C.C.CC.CC.CC.c1ccc2c(c1)CCO2.c1ccc2c(c1)OCO2.c1ccc2occc2c1. The number of fused-ring (bicyclic) bond motifs is 3. The summed E-state index contributed by atoms with van der Waals surface area (Å²) in [5.74, 6) is 2.76. The topological polar surface area (TPSA) is 40.8 Å². The molecule has 3 aromatic carbocycles. The molecule has 4 heteroatoms. The summed E-state index contributed by atoms with van der Waals surface area (Å²) in [6.07, 6.45) is 2.78. The Bertz CT molecular complexity index is 882. The van der Waals surface area contributed by atoms with Crippen LogP contribution in [0, 0.1) is 0 Å². The van der Waals surface area contributed by atoms with Gasteiger partial charge in [0.2, 0.25) is 6.79 Å². The molecule has 0 unspecified atom stereocenters. The van der Waals surface area contributed by atoms with Gasteiger partial charge in [-0.3, -0.25) is 0 Å². The number of para-hydroxylation sites is 4. The van der Waals surface area contributed by atoms with E-state index in [1.807, 2.05) is 114 Å². The van der Waals surface area contributed by atoms with Crippen LogP contribution in [0.5, 0.6) is 17.2 Å². The number of ether oxygens (including phenoxy) is 3. The fourth-order valence-electron chi connectivity index (χ4n) is 2.87. The maximum atomic E-state index is 5.30. The van der Waals surface area contributed by atoms with E-state index in [9.17, 15) is 0 Å². The lowest BCUT2D eigenvalue weighted by Crippen LogP contribution is -1.92. The van der Waals surface area contributed by atoms with Crippen molar-refractivity contribution in [2.45, 2.75) is 70.2 Å². The summed E-state index contributed by atoms with van der Waals surface area (Å²) in [4.78, 5) is 0. The lowest BCUT2D eigenvalue weighted by molar-refractivity contribution is 0.174. The standard InChI is InChI=1S/C8H8O.C8H6O.C7H6O2.3C2H6.3CH4/c2*1-2-4-8-7(3-1)5-6-9-8;1-2-4-7-6(3-1)8-5-9-7;3*1-2;;;/h1-4H,5-6H2;1-6H;1-4H,5H2;3*1-2H3;3*1H4. The van der Waals surface area contributed by atoms with Crippen LogP contribution in [0.2, 0.25) is 0 Å². The zero-order valence-corrected chi connectivity index (χ0v) is 20.8. The highest BCUT2D eigenvalue weighted by molar-refractivity contribution is 5.76. The van der Waals surface area contributed by atoms with Crippen LogP contribution in [0.1, 0.15) is 69.4 Å². The van der Waals surface area contributed by atoms with Crippen LogP contribution in [0.4, 0.5) is 0 Å². The van der Waals surface area contributed by atoms with Crippen LogP contribution in [0.25, 0.3) is 11.0 Å². The molecule has 3 heterocycles. The van der Waals surface area contributed by atoms with Gasteiger partial charge in [0.25, 0.3) is 0 Å². The van der Waals surface area contributed by atoms with E-state index >= 15 is 0 Å². The van der Waals surface area contributed by atoms with E-state index in [2.05, 4.69) is 6.07 Å². The average Bonchev–Trinajstić information content (AvgIpc) is 3.69. The predicted octanol–water partition coefficient (Wildman–Crippen LogP) is 10.5. The van der Waals surface area contributed by atoms with Gasteiger partial charge in [-0.05, 0) is 35.9 Å². The minimum atomic E-state index is 0. The second-order valence-corrected chi connectivity index (χ2v) is 6.02. The van der Waals surface area contributed by atoms with Crippen molar-refractivity contribution >= 4 is 11.0 Å². The zero-order valence-electron chi connectivity index (χ0n) is 20.8. The third-order valence-corrected chi connectivity index (χ3v) is 4.24. The van der Waals surface area contributed by atoms with Crippen molar-refractivity contribution in [3.05, 3.63) is 90.7 Å². The maximum Gasteiger partial charge on any atom is 0.231 e. The first-order valence-electron chi connectivity index (χ1n) is 11.9. The summed E-state index contributed by atoms with van der Waals surface area (Å²) < 4.78 is 20.6. The molecular weight excluding hydrogens is 448 g/mol. The highest BCUT2D eigenvalue weighted by atomic mass is 16.7. The molecule has 0 saturated heterocycles. The molecule has 0 amide bonds. The molecule has 2 aliphatic rings. The fourth-order valence-corrected chi connectivity index (χ4v) is 2.87. The molecule has 0 radical (unpaired) electrons. The predicted molar refractivity (Wildman–Crippen MR) is 159 cm³/mol. The van der Waals surface area contributed by atoms with E-state index in [1.54, 1.807) is 6.26 Å². The van der Waals surface area contributed by atoms with E-state index < -0.39 is 0 Å². The Kier molecular flexibility index (Phi) is 24.1. The van der Waals surface area contributed by atoms with Crippen LogP contribution in [-0.4, -0.2) is 13.4 Å². The zero-order chi connectivity index (χ0) is 24.3. The number of hydrogen-bond donors (Lipinski definition) is 0. The lowest BCUT2D eigenvalue weighted by atomic mass is 10.2. The molecule has 0 fully saturated rings. The molecule has 4 aromatic rings. The van der Waals surface area contributed by atoms with Crippen molar-refractivity contribution in [1.29, 1.82) is 0 Å². The van der Waals surface area contributed by atoms with E-state index in [4.69, 9.17) is 18.6 Å². The Labute approximate surface area is 221 Å². The lowest BCUT2D eigenvalue weighted by Gasteiger charge is -1.93. The Morgan fingerprint density at radius 1 is 0.528 bits per heavy atom. The third kappa shape index (κ3) is 11.8. The maximum absolute atomic E-state index is 5.30. The van der Waals surface area contributed by atoms with Crippen LogP contribution in [-0.2, 0) is 6.42 Å². The highest BCUT2D eigenvalue weighted by Gasteiger charge is 2.09. The summed E-state index contributed by atoms with van der Waals surface area (Å²) >= 11 is 0. The molecule has 0 spiro atoms. The number of rotatable bonds is 0. The van der Waals surface area contributed by atoms with E-state index in [1.165, 1.54) is 5.56 Å². The molecule has 0 saturated carbocycles. The van der Waals surface area contributed by atoms with Crippen molar-refractivity contribution in [3.63, 3.8) is 0 Å². The van der Waals surface area contributed by atoms with Gasteiger partial charge in [-0.15, -0.1) is 0 Å². The smallest absolute Gasteiger partial charge is 0.231 e. The summed E-state index contributed by atoms with van der Waals surface area (Å²) in [5, 5.41) is 1.16. The highest BCUT2D eigenvalue weighted by Crippen LogP contribution is 2.30. The number of hydrogen-bond acceptors (Lipinski definition) is 4. The van der Waals surface area contributed by atoms with Gasteiger partial charge < -0.3 is 18.6 Å². The van der Waals surface area contributed by atoms with Crippen LogP contribution in [0.15, 0.2) is 89.5 Å². The molecule has 0 atom stereocenters. The van der Waals surface area contributed by atoms with E-state index in [-0.39, 0.29) is 22.3 Å². The fraction of sp³-hybridized carbons (Fsp3) is 0.375. The number of furan rings is 1. The molecular formula is C32H50O4. The average molecular weight is 499 g/mol. The van der Waals surface area contributed by atoms with Crippen LogP contribution in [0.3, 0.4) is 0 Å². The van der Waals surface area contributed by atoms with Gasteiger partial charge in [0, 0.05) is 11.8 Å². The Morgan fingerprint density at radius 3 is 1.58 bits per heavy atom. The minimum absolute atomic E-state index is 0. The van der Waals surface area contributed by atoms with Gasteiger partial charge in [0.05, 0.1) is 12.9 Å². The Hall–Kier alpha value is -3.40. The van der Waals surface area contributed by atoms with Crippen molar-refractivity contribution in [2.24, 2.45) is 0 Å². The normalized spacial score (nSPS) is 10.2. The number of benzene rings is 3. The van der Waals surface area contributed by atoms with Crippen LogP contribution < -0.4 is 14.2 Å². The van der Waals surface area contributed by atoms with Gasteiger partial charge in [-0.25, -0.2) is 0 Å². The Balaban J connectivity index is -0.000000396. The van der Waals surface area contributed by atoms with Crippen molar-refractivity contribution < 1.29 is 18.6 Å². The molecule has 36 heavy (non-hydrogen) atoms. The van der Waals surface area contributed by atoms with Gasteiger partial charge in [0.1, 0.15) is 11.3 Å².